The minimum absolute atomic E-state index is 0.0260. The van der Waals surface area contributed by atoms with E-state index in [0.717, 1.165) is 0 Å². The average molecular weight is 321 g/mol. The Morgan fingerprint density at radius 1 is 1.05 bits per heavy atom. The molecule has 0 aromatic heterocycles. The molecule has 2 atom stereocenters. The number of carbonyl (C=O) groups excluding carboxylic acids is 2. The number of ketones is 1. The van der Waals surface area contributed by atoms with Gasteiger partial charge in [0.25, 0.3) is 0 Å². The summed E-state index contributed by atoms with van der Waals surface area (Å²) in [6.07, 6.45) is -1.87. The molecule has 0 bridgehead atoms. The maximum atomic E-state index is 13.5. The molecule has 22 heavy (non-hydrogen) atoms. The van der Waals surface area contributed by atoms with Gasteiger partial charge in [-0.3, -0.25) is 9.59 Å². The van der Waals surface area contributed by atoms with E-state index in [1.54, 1.807) is 6.92 Å². The molecule has 0 radical (unpaired) electrons. The first kappa shape index (κ1) is 20.9. The number of rotatable bonds is 13. The predicted octanol–water partition coefficient (Wildman–Crippen LogP) is 1.12. The molecule has 0 saturated heterocycles. The van der Waals surface area contributed by atoms with Crippen LogP contribution >= 0.6 is 0 Å². The van der Waals surface area contributed by atoms with Gasteiger partial charge in [-0.15, -0.1) is 0 Å². The minimum Gasteiger partial charge on any atom is -0.377 e. The summed E-state index contributed by atoms with van der Waals surface area (Å²) < 4.78 is 29.2. The second-order valence-corrected chi connectivity index (χ2v) is 5.31. The lowest BCUT2D eigenvalue weighted by Gasteiger charge is -2.17. The van der Waals surface area contributed by atoms with Gasteiger partial charge in [-0.05, 0) is 6.92 Å². The molecule has 6 nitrogen and oxygen atoms in total. The van der Waals surface area contributed by atoms with E-state index in [9.17, 15) is 14.0 Å². The third-order valence-corrected chi connectivity index (χ3v) is 2.92. The van der Waals surface area contributed by atoms with Crippen LogP contribution in [-0.4, -0.2) is 63.5 Å². The van der Waals surface area contributed by atoms with Gasteiger partial charge in [0, 0.05) is 12.8 Å². The van der Waals surface area contributed by atoms with E-state index >= 15 is 0 Å². The van der Waals surface area contributed by atoms with Gasteiger partial charge < -0.3 is 19.5 Å². The number of carbonyl (C=O) groups is 2. The fraction of sp³-hybridized carbons (Fsp3) is 0.867. The van der Waals surface area contributed by atoms with E-state index in [-0.39, 0.29) is 37.4 Å². The molecule has 0 aromatic rings. The Hall–Kier alpha value is -1.05. The maximum Gasteiger partial charge on any atom is 0.216 e. The molecule has 0 aromatic carbocycles. The number of nitrogens with one attached hydrogen (secondary N) is 1. The highest BCUT2D eigenvalue weighted by atomic mass is 19.1. The van der Waals surface area contributed by atoms with Gasteiger partial charge in [-0.25, -0.2) is 4.39 Å². The molecule has 130 valence electrons. The molecule has 0 heterocycles. The Kier molecular flexibility index (Phi) is 11.9. The largest absolute Gasteiger partial charge is 0.377 e. The molecule has 0 aliphatic carbocycles. The number of hydrogen-bond acceptors (Lipinski definition) is 5. The number of hydrogen-bond donors (Lipinski definition) is 1. The Bertz CT molecular complexity index is 325. The second kappa shape index (κ2) is 12.5. The van der Waals surface area contributed by atoms with E-state index in [1.165, 1.54) is 6.92 Å². The van der Waals surface area contributed by atoms with Gasteiger partial charge in [-0.2, -0.15) is 0 Å². The molecule has 7 heteroatoms. The third-order valence-electron chi connectivity index (χ3n) is 2.92. The van der Waals surface area contributed by atoms with Gasteiger partial charge >= 0.3 is 0 Å². The van der Waals surface area contributed by atoms with Crippen LogP contribution in [0.25, 0.3) is 0 Å². The molecule has 1 amide bonds. The molecule has 0 saturated carbocycles. The Morgan fingerprint density at radius 3 is 2.23 bits per heavy atom. The van der Waals surface area contributed by atoms with Crippen LogP contribution in [0.1, 0.15) is 27.7 Å². The van der Waals surface area contributed by atoms with Crippen LogP contribution in [-0.2, 0) is 23.8 Å². The fourth-order valence-electron chi connectivity index (χ4n) is 1.36. The number of alkyl halides is 1. The molecular weight excluding hydrogens is 293 g/mol. The van der Waals surface area contributed by atoms with Gasteiger partial charge in [0.2, 0.25) is 5.91 Å². The van der Waals surface area contributed by atoms with Gasteiger partial charge in [0.15, 0.2) is 5.78 Å². The zero-order valence-corrected chi connectivity index (χ0v) is 13.9. The van der Waals surface area contributed by atoms with Crippen molar-refractivity contribution in [2.75, 3.05) is 39.6 Å². The lowest BCUT2D eigenvalue weighted by molar-refractivity contribution is -0.127. The molecule has 0 spiro atoms. The van der Waals surface area contributed by atoms with Crippen molar-refractivity contribution in [3.63, 3.8) is 0 Å². The van der Waals surface area contributed by atoms with Crippen LogP contribution in [0.5, 0.6) is 0 Å². The molecule has 0 rings (SSSR count). The van der Waals surface area contributed by atoms with Crippen molar-refractivity contribution in [1.82, 2.24) is 5.32 Å². The first-order chi connectivity index (χ1) is 10.3. The van der Waals surface area contributed by atoms with Crippen LogP contribution in [0.4, 0.5) is 4.39 Å². The van der Waals surface area contributed by atoms with E-state index in [2.05, 4.69) is 5.32 Å². The van der Waals surface area contributed by atoms with E-state index in [0.29, 0.717) is 19.8 Å². The summed E-state index contributed by atoms with van der Waals surface area (Å²) in [6.45, 7) is 7.89. The highest BCUT2D eigenvalue weighted by Gasteiger charge is 2.16. The summed E-state index contributed by atoms with van der Waals surface area (Å²) in [6, 6.07) is 0. The minimum atomic E-state index is -1.26. The van der Waals surface area contributed by atoms with Crippen LogP contribution in [0.2, 0.25) is 0 Å². The predicted molar refractivity (Wildman–Crippen MR) is 80.5 cm³/mol. The van der Waals surface area contributed by atoms with Crippen molar-refractivity contribution in [1.29, 1.82) is 0 Å². The lowest BCUT2D eigenvalue weighted by atomic mass is 10.1. The average Bonchev–Trinajstić information content (AvgIpc) is 2.46. The van der Waals surface area contributed by atoms with Crippen LogP contribution in [0.3, 0.4) is 0 Å². The normalized spacial score (nSPS) is 13.9. The summed E-state index contributed by atoms with van der Waals surface area (Å²) in [5.41, 5.74) is 0. The summed E-state index contributed by atoms with van der Waals surface area (Å²) in [7, 11) is 0. The SMILES string of the molecule is CC(=O)NCC(F)C(C)OCCOCCOCC(=O)C(C)C. The van der Waals surface area contributed by atoms with Crippen molar-refractivity contribution in [2.45, 2.75) is 40.0 Å². The van der Waals surface area contributed by atoms with Crippen LogP contribution < -0.4 is 5.32 Å². The fourth-order valence-corrected chi connectivity index (χ4v) is 1.36. The van der Waals surface area contributed by atoms with Crippen molar-refractivity contribution < 1.29 is 28.2 Å². The molecule has 2 unspecified atom stereocenters. The zero-order valence-electron chi connectivity index (χ0n) is 13.9. The monoisotopic (exact) mass is 321 g/mol. The molecule has 0 fully saturated rings. The standard InChI is InChI=1S/C15H28FNO5/c1-11(2)15(19)10-21-6-5-20-7-8-22-12(3)14(16)9-17-13(4)18/h11-12,14H,5-10H2,1-4H3,(H,17,18). The van der Waals surface area contributed by atoms with Crippen molar-refractivity contribution >= 4 is 11.7 Å². The number of halogens is 1. The van der Waals surface area contributed by atoms with E-state index in [1.807, 2.05) is 13.8 Å². The zero-order chi connectivity index (χ0) is 17.0. The van der Waals surface area contributed by atoms with Crippen molar-refractivity contribution in [3.8, 4) is 0 Å². The summed E-state index contributed by atoms with van der Waals surface area (Å²) in [5.74, 6) is -0.235. The van der Waals surface area contributed by atoms with Gasteiger partial charge in [0.1, 0.15) is 12.8 Å². The van der Waals surface area contributed by atoms with E-state index < -0.39 is 12.3 Å². The van der Waals surface area contributed by atoms with Crippen LogP contribution in [0.15, 0.2) is 0 Å². The quantitative estimate of drug-likeness (QED) is 0.515. The summed E-state index contributed by atoms with van der Waals surface area (Å²) in [4.78, 5) is 21.9. The first-order valence-corrected chi connectivity index (χ1v) is 7.52. The Balaban J connectivity index is 3.45. The maximum absolute atomic E-state index is 13.5. The second-order valence-electron chi connectivity index (χ2n) is 5.31. The van der Waals surface area contributed by atoms with Gasteiger partial charge in [-0.1, -0.05) is 13.8 Å². The lowest BCUT2D eigenvalue weighted by Crippen LogP contribution is -2.35. The van der Waals surface area contributed by atoms with Crippen LogP contribution in [0, 0.1) is 5.92 Å². The highest BCUT2D eigenvalue weighted by Crippen LogP contribution is 2.02. The number of Topliss-reactive ketones (excluding diaryl/α,β-unsaturated/α-hetero) is 1. The molecule has 0 aliphatic rings. The van der Waals surface area contributed by atoms with Crippen molar-refractivity contribution in [3.05, 3.63) is 0 Å². The van der Waals surface area contributed by atoms with Gasteiger partial charge in [0.05, 0.1) is 39.1 Å². The summed E-state index contributed by atoms with van der Waals surface area (Å²) in [5, 5.41) is 2.40. The molecule has 1 N–H and O–H groups in total. The Morgan fingerprint density at radius 2 is 1.64 bits per heavy atom. The Labute approximate surface area is 131 Å². The highest BCUT2D eigenvalue weighted by molar-refractivity contribution is 5.81. The smallest absolute Gasteiger partial charge is 0.216 e. The summed E-state index contributed by atoms with van der Waals surface area (Å²) >= 11 is 0. The first-order valence-electron chi connectivity index (χ1n) is 7.52. The molecular formula is C15H28FNO5. The number of amides is 1. The number of ether oxygens (including phenoxy) is 3. The van der Waals surface area contributed by atoms with Crippen molar-refractivity contribution in [2.24, 2.45) is 5.92 Å². The third kappa shape index (κ3) is 11.6. The van der Waals surface area contributed by atoms with E-state index in [4.69, 9.17) is 14.2 Å². The molecule has 0 aliphatic heterocycles. The topological polar surface area (TPSA) is 73.9 Å².